The lowest BCUT2D eigenvalue weighted by atomic mass is 10.0. The van der Waals surface area contributed by atoms with Gasteiger partial charge in [0, 0.05) is 6.61 Å². The first-order chi connectivity index (χ1) is 8.20. The Morgan fingerprint density at radius 1 is 1.39 bits per heavy atom. The van der Waals surface area contributed by atoms with Crippen molar-refractivity contribution < 1.29 is 19.1 Å². The van der Waals surface area contributed by atoms with Gasteiger partial charge in [-0.25, -0.2) is 4.79 Å². The maximum atomic E-state index is 11.8. The zero-order valence-corrected chi connectivity index (χ0v) is 11.4. The molecular weight excluding hydrogens is 234 g/mol. The second-order valence-electron chi connectivity index (χ2n) is 5.48. The highest BCUT2D eigenvalue weighted by atomic mass is 16.6. The third kappa shape index (κ3) is 4.14. The molecule has 1 fully saturated rings. The number of carbonyl (C=O) groups excluding carboxylic acids is 2. The second kappa shape index (κ2) is 5.52. The lowest BCUT2D eigenvalue weighted by Crippen LogP contribution is -2.46. The van der Waals surface area contributed by atoms with Crippen LogP contribution in [0, 0.1) is 0 Å². The van der Waals surface area contributed by atoms with E-state index in [-0.39, 0.29) is 11.8 Å². The summed E-state index contributed by atoms with van der Waals surface area (Å²) >= 11 is 0. The van der Waals surface area contributed by atoms with Crippen LogP contribution < -0.4 is 5.32 Å². The van der Waals surface area contributed by atoms with Gasteiger partial charge in [-0.15, -0.1) is 0 Å². The number of Topliss-reactive ketones (excluding diaryl/α,β-unsaturated/α-hetero) is 1. The van der Waals surface area contributed by atoms with Gasteiger partial charge < -0.3 is 14.8 Å². The summed E-state index contributed by atoms with van der Waals surface area (Å²) in [7, 11) is 0. The van der Waals surface area contributed by atoms with Gasteiger partial charge in [-0.3, -0.25) is 4.79 Å². The summed E-state index contributed by atoms with van der Waals surface area (Å²) in [5, 5.41) is 2.67. The predicted molar refractivity (Wildman–Crippen MR) is 67.3 cm³/mol. The van der Waals surface area contributed by atoms with Crippen LogP contribution >= 0.6 is 0 Å². The van der Waals surface area contributed by atoms with E-state index < -0.39 is 17.8 Å². The quantitative estimate of drug-likeness (QED) is 0.781. The summed E-state index contributed by atoms with van der Waals surface area (Å²) in [6.07, 6.45) is -0.573. The zero-order chi connectivity index (χ0) is 13.9. The van der Waals surface area contributed by atoms with E-state index in [4.69, 9.17) is 9.47 Å². The molecule has 5 nitrogen and oxygen atoms in total. The lowest BCUT2D eigenvalue weighted by Gasteiger charge is -2.23. The number of amides is 1. The summed E-state index contributed by atoms with van der Waals surface area (Å²) < 4.78 is 10.5. The molecule has 0 saturated carbocycles. The minimum Gasteiger partial charge on any atom is -0.444 e. The molecule has 0 aromatic heterocycles. The van der Waals surface area contributed by atoms with Crippen LogP contribution in [-0.2, 0) is 14.3 Å². The third-order valence-corrected chi connectivity index (χ3v) is 2.47. The van der Waals surface area contributed by atoms with Crippen LogP contribution in [0.4, 0.5) is 4.79 Å². The van der Waals surface area contributed by atoms with Crippen molar-refractivity contribution in [1.29, 1.82) is 0 Å². The monoisotopic (exact) mass is 255 g/mol. The molecule has 1 amide bonds. The van der Waals surface area contributed by atoms with E-state index in [1.165, 1.54) is 0 Å². The predicted octanol–water partition coefficient (Wildman–Crippen LogP) is 1.81. The van der Waals surface area contributed by atoms with Gasteiger partial charge in [0.05, 0.1) is 6.04 Å². The Kier molecular flexibility index (Phi) is 4.51. The molecule has 0 radical (unpaired) electrons. The van der Waals surface area contributed by atoms with Gasteiger partial charge in [-0.05, 0) is 39.7 Å². The Hall–Kier alpha value is -1.36. The van der Waals surface area contributed by atoms with Crippen LogP contribution in [0.2, 0.25) is 0 Å². The molecule has 0 spiro atoms. The Bertz CT molecular complexity index is 356. The van der Waals surface area contributed by atoms with E-state index in [1.807, 2.05) is 0 Å². The standard InChI is InChI=1S/C13H21NO4/c1-8(2)10(15)11-9(6-7-17-11)14-12(16)18-13(3,4)5/h9,11H,1,6-7H2,2-5H3,(H,14,16)/t9-,11+/m0/s1. The molecule has 0 aliphatic carbocycles. The molecule has 1 aliphatic rings. The summed E-state index contributed by atoms with van der Waals surface area (Å²) in [4.78, 5) is 23.4. The number of ether oxygens (including phenoxy) is 2. The number of alkyl carbamates (subject to hydrolysis) is 1. The molecular formula is C13H21NO4. The molecule has 0 unspecified atom stereocenters. The smallest absolute Gasteiger partial charge is 0.407 e. The van der Waals surface area contributed by atoms with Gasteiger partial charge in [0.25, 0.3) is 0 Å². The maximum absolute atomic E-state index is 11.8. The molecule has 0 bridgehead atoms. The van der Waals surface area contributed by atoms with Crippen LogP contribution in [0.25, 0.3) is 0 Å². The van der Waals surface area contributed by atoms with E-state index in [2.05, 4.69) is 11.9 Å². The largest absolute Gasteiger partial charge is 0.444 e. The minimum atomic E-state index is -0.644. The fourth-order valence-corrected chi connectivity index (χ4v) is 1.70. The second-order valence-corrected chi connectivity index (χ2v) is 5.48. The van der Waals surface area contributed by atoms with Crippen molar-refractivity contribution in [3.63, 3.8) is 0 Å². The summed E-state index contributed by atoms with van der Waals surface area (Å²) in [5.74, 6) is -0.173. The van der Waals surface area contributed by atoms with Gasteiger partial charge in [0.2, 0.25) is 0 Å². The van der Waals surface area contributed by atoms with E-state index >= 15 is 0 Å². The topological polar surface area (TPSA) is 64.6 Å². The Labute approximate surface area is 108 Å². The number of hydrogen-bond acceptors (Lipinski definition) is 4. The molecule has 1 rings (SSSR count). The Morgan fingerprint density at radius 3 is 2.50 bits per heavy atom. The van der Waals surface area contributed by atoms with Gasteiger partial charge >= 0.3 is 6.09 Å². The molecule has 102 valence electrons. The first-order valence-corrected chi connectivity index (χ1v) is 6.01. The maximum Gasteiger partial charge on any atom is 0.407 e. The highest BCUT2D eigenvalue weighted by Crippen LogP contribution is 2.18. The van der Waals surface area contributed by atoms with Crippen LogP contribution in [-0.4, -0.2) is 36.2 Å². The summed E-state index contributed by atoms with van der Waals surface area (Å²) in [6, 6.07) is -0.343. The Balaban J connectivity index is 2.58. The SMILES string of the molecule is C=C(C)C(=O)[C@@H]1OCC[C@@H]1NC(=O)OC(C)(C)C. The number of carbonyl (C=O) groups is 2. The molecule has 1 saturated heterocycles. The average Bonchev–Trinajstić information content (AvgIpc) is 2.61. The average molecular weight is 255 g/mol. The minimum absolute atomic E-state index is 0.173. The van der Waals surface area contributed by atoms with Crippen molar-refractivity contribution in [3.05, 3.63) is 12.2 Å². The highest BCUT2D eigenvalue weighted by Gasteiger charge is 2.36. The molecule has 0 aromatic carbocycles. The van der Waals surface area contributed by atoms with Crippen molar-refractivity contribution in [2.24, 2.45) is 0 Å². The van der Waals surface area contributed by atoms with E-state index in [0.29, 0.717) is 18.6 Å². The number of rotatable bonds is 3. The van der Waals surface area contributed by atoms with Crippen molar-refractivity contribution in [2.75, 3.05) is 6.61 Å². The molecule has 1 N–H and O–H groups in total. The van der Waals surface area contributed by atoms with Crippen LogP contribution in [0.15, 0.2) is 12.2 Å². The molecule has 0 aromatic rings. The molecule has 5 heteroatoms. The third-order valence-electron chi connectivity index (χ3n) is 2.47. The molecule has 1 aliphatic heterocycles. The molecule has 2 atom stereocenters. The summed E-state index contributed by atoms with van der Waals surface area (Å²) in [6.45, 7) is 11.0. The number of hydrogen-bond donors (Lipinski definition) is 1. The summed E-state index contributed by atoms with van der Waals surface area (Å²) in [5.41, 5.74) is -0.130. The van der Waals surface area contributed by atoms with Crippen molar-refractivity contribution in [2.45, 2.75) is 51.9 Å². The van der Waals surface area contributed by atoms with E-state index in [0.717, 1.165) is 0 Å². The Morgan fingerprint density at radius 2 is 2.00 bits per heavy atom. The normalized spacial score (nSPS) is 23.6. The number of ketones is 1. The van der Waals surface area contributed by atoms with E-state index in [9.17, 15) is 9.59 Å². The van der Waals surface area contributed by atoms with Crippen LogP contribution in [0.3, 0.4) is 0 Å². The molecule has 1 heterocycles. The van der Waals surface area contributed by atoms with Crippen molar-refractivity contribution in [3.8, 4) is 0 Å². The zero-order valence-electron chi connectivity index (χ0n) is 11.4. The molecule has 18 heavy (non-hydrogen) atoms. The first-order valence-electron chi connectivity index (χ1n) is 6.01. The van der Waals surface area contributed by atoms with Crippen molar-refractivity contribution >= 4 is 11.9 Å². The fourth-order valence-electron chi connectivity index (χ4n) is 1.70. The lowest BCUT2D eigenvalue weighted by molar-refractivity contribution is -0.124. The van der Waals surface area contributed by atoms with Gasteiger partial charge in [-0.1, -0.05) is 6.58 Å². The fraction of sp³-hybridized carbons (Fsp3) is 0.692. The van der Waals surface area contributed by atoms with Gasteiger partial charge in [0.1, 0.15) is 11.7 Å². The van der Waals surface area contributed by atoms with Crippen LogP contribution in [0.1, 0.15) is 34.1 Å². The highest BCUT2D eigenvalue weighted by molar-refractivity contribution is 5.98. The number of nitrogens with one attached hydrogen (secondary N) is 1. The first kappa shape index (κ1) is 14.7. The van der Waals surface area contributed by atoms with Crippen molar-refractivity contribution in [1.82, 2.24) is 5.32 Å². The van der Waals surface area contributed by atoms with Gasteiger partial charge in [0.15, 0.2) is 5.78 Å². The van der Waals surface area contributed by atoms with E-state index in [1.54, 1.807) is 27.7 Å². The van der Waals surface area contributed by atoms with Gasteiger partial charge in [-0.2, -0.15) is 0 Å². The van der Waals surface area contributed by atoms with Crippen LogP contribution in [0.5, 0.6) is 0 Å².